The molecular formula is C22H30N2O5. The molecule has 0 saturated carbocycles. The number of pyridine rings is 1. The van der Waals surface area contributed by atoms with Gasteiger partial charge >= 0.3 is 5.97 Å². The van der Waals surface area contributed by atoms with Crippen molar-refractivity contribution >= 4 is 5.97 Å². The summed E-state index contributed by atoms with van der Waals surface area (Å²) in [4.78, 5) is 11.7. The number of carboxylic acids is 1. The number of hydrogen-bond acceptors (Lipinski definition) is 5. The van der Waals surface area contributed by atoms with Crippen LogP contribution in [0.25, 0.3) is 11.1 Å². The number of carbonyl (C=O) groups is 1. The minimum absolute atomic E-state index is 0.756. The van der Waals surface area contributed by atoms with E-state index in [1.807, 2.05) is 36.4 Å². The number of aliphatic hydroxyl groups is 1. The number of carboxylic acid groups (broad SMARTS) is 1. The number of hydrogen-bond donors (Lipinski definition) is 2. The molecular weight excluding hydrogens is 372 g/mol. The van der Waals surface area contributed by atoms with Gasteiger partial charge in [-0.05, 0) is 55.0 Å². The van der Waals surface area contributed by atoms with Gasteiger partial charge in [0, 0.05) is 25.2 Å². The lowest BCUT2D eigenvalue weighted by Crippen LogP contribution is -2.35. The van der Waals surface area contributed by atoms with E-state index >= 15 is 0 Å². The molecule has 0 spiro atoms. The van der Waals surface area contributed by atoms with Gasteiger partial charge in [0.1, 0.15) is 12.4 Å². The van der Waals surface area contributed by atoms with Crippen LogP contribution in [0.15, 0.2) is 48.8 Å². The van der Waals surface area contributed by atoms with Gasteiger partial charge in [0.2, 0.25) is 0 Å². The average molecular weight is 402 g/mol. The van der Waals surface area contributed by atoms with Crippen LogP contribution in [0, 0.1) is 11.1 Å². The van der Waals surface area contributed by atoms with Gasteiger partial charge < -0.3 is 25.1 Å². The molecule has 2 heterocycles. The summed E-state index contributed by atoms with van der Waals surface area (Å²) < 4.78 is 6.65. The molecule has 1 fully saturated rings. The number of rotatable bonds is 7. The highest BCUT2D eigenvalue weighted by atomic mass is 16.5. The number of piperidine rings is 1. The Kier molecular flexibility index (Phi) is 9.40. The van der Waals surface area contributed by atoms with E-state index in [4.69, 9.17) is 19.7 Å². The predicted molar refractivity (Wildman–Crippen MR) is 111 cm³/mol. The SMILES string of the molecule is CC1CCCN(CCCOc2ccc(-c3cc[n+]([O-])cc3)cc2)C1.O=C(O)CO. The minimum atomic E-state index is -1.19. The number of nitrogens with zero attached hydrogens (tertiary/aromatic N) is 2. The number of likely N-dealkylation sites (tertiary alicyclic amines) is 1. The van der Waals surface area contributed by atoms with Crippen molar-refractivity contribution in [3.63, 3.8) is 0 Å². The molecule has 1 unspecified atom stereocenters. The van der Waals surface area contributed by atoms with E-state index in [1.165, 1.54) is 38.3 Å². The first-order valence-corrected chi connectivity index (χ1v) is 9.95. The van der Waals surface area contributed by atoms with Crippen LogP contribution in [0.4, 0.5) is 0 Å². The first-order chi connectivity index (χ1) is 14.0. The highest BCUT2D eigenvalue weighted by molar-refractivity contribution is 5.67. The van der Waals surface area contributed by atoms with Crippen LogP contribution in [0.5, 0.6) is 5.75 Å². The van der Waals surface area contributed by atoms with Crippen molar-refractivity contribution in [3.8, 4) is 16.9 Å². The molecule has 158 valence electrons. The minimum Gasteiger partial charge on any atom is -0.619 e. The van der Waals surface area contributed by atoms with Crippen LogP contribution in [0.2, 0.25) is 0 Å². The smallest absolute Gasteiger partial charge is 0.329 e. The van der Waals surface area contributed by atoms with Crippen molar-refractivity contribution in [2.75, 3.05) is 32.8 Å². The topological polar surface area (TPSA) is 96.9 Å². The second kappa shape index (κ2) is 12.0. The van der Waals surface area contributed by atoms with Crippen LogP contribution in [0.3, 0.4) is 0 Å². The average Bonchev–Trinajstić information content (AvgIpc) is 2.73. The summed E-state index contributed by atoms with van der Waals surface area (Å²) in [5, 5.41) is 26.1. The molecule has 0 aliphatic carbocycles. The summed E-state index contributed by atoms with van der Waals surface area (Å²) in [6.45, 7) is 5.91. The maximum Gasteiger partial charge on any atom is 0.329 e. The molecule has 2 N–H and O–H groups in total. The molecule has 1 aromatic carbocycles. The highest BCUT2D eigenvalue weighted by Crippen LogP contribution is 2.21. The normalized spacial score (nSPS) is 16.6. The summed E-state index contributed by atoms with van der Waals surface area (Å²) in [5.74, 6) is 0.548. The van der Waals surface area contributed by atoms with Gasteiger partial charge in [-0.15, -0.1) is 0 Å². The molecule has 29 heavy (non-hydrogen) atoms. The van der Waals surface area contributed by atoms with Gasteiger partial charge in [0.05, 0.1) is 6.61 Å². The lowest BCUT2D eigenvalue weighted by atomic mass is 10.0. The Hall–Kier alpha value is -2.64. The van der Waals surface area contributed by atoms with Gasteiger partial charge in [-0.25, -0.2) is 4.79 Å². The molecule has 0 bridgehead atoms. The second-order valence-electron chi connectivity index (χ2n) is 7.27. The summed E-state index contributed by atoms with van der Waals surface area (Å²) in [6.07, 6.45) is 6.80. The molecule has 1 aliphatic rings. The zero-order valence-electron chi connectivity index (χ0n) is 16.9. The number of aliphatic carboxylic acids is 1. The molecule has 2 aromatic rings. The fourth-order valence-corrected chi connectivity index (χ4v) is 3.32. The maximum atomic E-state index is 11.1. The Morgan fingerprint density at radius 3 is 2.41 bits per heavy atom. The van der Waals surface area contributed by atoms with Crippen LogP contribution >= 0.6 is 0 Å². The Labute approximate surface area is 171 Å². The fourth-order valence-electron chi connectivity index (χ4n) is 3.32. The van der Waals surface area contributed by atoms with Gasteiger partial charge in [-0.1, -0.05) is 19.1 Å². The third-order valence-corrected chi connectivity index (χ3v) is 4.75. The van der Waals surface area contributed by atoms with Crippen LogP contribution in [0.1, 0.15) is 26.2 Å². The van der Waals surface area contributed by atoms with Crippen LogP contribution < -0.4 is 9.47 Å². The quantitative estimate of drug-likeness (QED) is 0.420. The number of aliphatic hydroxyl groups excluding tert-OH is 1. The Morgan fingerprint density at radius 2 is 1.83 bits per heavy atom. The second-order valence-corrected chi connectivity index (χ2v) is 7.27. The van der Waals surface area contributed by atoms with Gasteiger partial charge in [0.25, 0.3) is 0 Å². The standard InChI is InChI=1S/C20H26N2O2.C2H4O3/c1-17-4-2-11-21(16-17)12-3-15-24-20-7-5-18(6-8-20)19-9-13-22(23)14-10-19;3-1-2(4)5/h5-10,13-14,17H,2-4,11-12,15-16H2,1H3;3H,1H2,(H,4,5). The fraction of sp³-hybridized carbons (Fsp3) is 0.455. The lowest BCUT2D eigenvalue weighted by Gasteiger charge is -2.30. The van der Waals surface area contributed by atoms with E-state index in [-0.39, 0.29) is 0 Å². The monoisotopic (exact) mass is 402 g/mol. The third kappa shape index (κ3) is 8.50. The molecule has 3 rings (SSSR count). The molecule has 1 aliphatic heterocycles. The molecule has 0 radical (unpaired) electrons. The van der Waals surface area contributed by atoms with Gasteiger partial charge in [-0.3, -0.25) is 0 Å². The van der Waals surface area contributed by atoms with Gasteiger partial charge in [-0.2, -0.15) is 4.73 Å². The maximum absolute atomic E-state index is 11.1. The summed E-state index contributed by atoms with van der Waals surface area (Å²) in [5.41, 5.74) is 2.12. The van der Waals surface area contributed by atoms with Crippen LogP contribution in [-0.4, -0.2) is 53.9 Å². The van der Waals surface area contributed by atoms with Crippen molar-refractivity contribution in [2.45, 2.75) is 26.2 Å². The zero-order valence-corrected chi connectivity index (χ0v) is 16.9. The first kappa shape index (κ1) is 22.6. The molecule has 0 amide bonds. The molecule has 1 aromatic heterocycles. The number of aromatic nitrogens is 1. The van der Waals surface area contributed by atoms with E-state index in [0.717, 1.165) is 47.1 Å². The van der Waals surface area contributed by atoms with Crippen molar-refractivity contribution in [1.82, 2.24) is 4.90 Å². The van der Waals surface area contributed by atoms with Crippen molar-refractivity contribution in [2.24, 2.45) is 5.92 Å². The largest absolute Gasteiger partial charge is 0.619 e. The molecule has 1 atom stereocenters. The third-order valence-electron chi connectivity index (χ3n) is 4.75. The molecule has 7 nitrogen and oxygen atoms in total. The molecule has 1 saturated heterocycles. The van der Waals surface area contributed by atoms with Crippen LogP contribution in [-0.2, 0) is 4.79 Å². The Morgan fingerprint density at radius 1 is 1.21 bits per heavy atom. The van der Waals surface area contributed by atoms with E-state index in [2.05, 4.69) is 11.8 Å². The highest BCUT2D eigenvalue weighted by Gasteiger charge is 2.15. The van der Waals surface area contributed by atoms with Crippen molar-refractivity contribution < 1.29 is 24.5 Å². The number of ether oxygens (including phenoxy) is 1. The van der Waals surface area contributed by atoms with Crippen molar-refractivity contribution in [1.29, 1.82) is 0 Å². The summed E-state index contributed by atoms with van der Waals surface area (Å²) >= 11 is 0. The Balaban J connectivity index is 0.000000537. The summed E-state index contributed by atoms with van der Waals surface area (Å²) in [7, 11) is 0. The molecule has 7 heteroatoms. The first-order valence-electron chi connectivity index (χ1n) is 9.95. The van der Waals surface area contributed by atoms with E-state index < -0.39 is 12.6 Å². The summed E-state index contributed by atoms with van der Waals surface area (Å²) in [6, 6.07) is 11.7. The van der Waals surface area contributed by atoms with Gasteiger partial charge in [0.15, 0.2) is 12.4 Å². The lowest BCUT2D eigenvalue weighted by molar-refractivity contribution is -0.605. The van der Waals surface area contributed by atoms with E-state index in [9.17, 15) is 5.21 Å². The zero-order chi connectivity index (χ0) is 21.1. The predicted octanol–water partition coefficient (Wildman–Crippen LogP) is 2.55. The Bertz CT molecular complexity index is 734. The van der Waals surface area contributed by atoms with E-state index in [1.54, 1.807) is 0 Å². The number of benzene rings is 1. The van der Waals surface area contributed by atoms with E-state index in [0.29, 0.717) is 0 Å². The van der Waals surface area contributed by atoms with Crippen molar-refractivity contribution in [3.05, 3.63) is 54.0 Å².